The Morgan fingerprint density at radius 2 is 2.19 bits per heavy atom. The smallest absolute Gasteiger partial charge is 0.240 e. The Balaban J connectivity index is 2.14. The quantitative estimate of drug-likeness (QED) is 0.810. The Labute approximate surface area is 106 Å². The lowest BCUT2D eigenvalue weighted by Crippen LogP contribution is -1.74. The Kier molecular flexibility index (Phi) is 3.74. The first-order valence-electron chi connectivity index (χ1n) is 4.60. The van der Waals surface area contributed by atoms with Crippen molar-refractivity contribution >= 4 is 39.7 Å². The van der Waals surface area contributed by atoms with E-state index < -0.39 is 0 Å². The summed E-state index contributed by atoms with van der Waals surface area (Å²) < 4.78 is 6.26. The number of hydrogen-bond acceptors (Lipinski definition) is 3. The third-order valence-electron chi connectivity index (χ3n) is 1.86. The first kappa shape index (κ1) is 11.4. The van der Waals surface area contributed by atoms with E-state index in [9.17, 15) is 0 Å². The number of alkyl halides is 1. The molecule has 0 atom stereocenters. The summed E-state index contributed by atoms with van der Waals surface area (Å²) in [6.07, 6.45) is 3.65. The van der Waals surface area contributed by atoms with Crippen LogP contribution in [0, 0.1) is 0 Å². The van der Waals surface area contributed by atoms with Crippen LogP contribution in [0.4, 0.5) is 0 Å². The van der Waals surface area contributed by atoms with Crippen LogP contribution in [0.1, 0.15) is 17.3 Å². The van der Waals surface area contributed by atoms with Gasteiger partial charge >= 0.3 is 0 Å². The topological polar surface area (TPSA) is 38.9 Å². The minimum absolute atomic E-state index is 0.234. The van der Waals surface area contributed by atoms with E-state index in [-0.39, 0.29) is 5.88 Å². The molecule has 1 heterocycles. The van der Waals surface area contributed by atoms with E-state index in [1.807, 2.05) is 30.3 Å². The maximum atomic E-state index is 5.55. The van der Waals surface area contributed by atoms with Crippen LogP contribution in [0.5, 0.6) is 0 Å². The molecule has 0 saturated carbocycles. The average molecular weight is 300 g/mol. The zero-order valence-corrected chi connectivity index (χ0v) is 10.6. The zero-order chi connectivity index (χ0) is 11.4. The van der Waals surface area contributed by atoms with Gasteiger partial charge in [-0.2, -0.15) is 0 Å². The second-order valence-electron chi connectivity index (χ2n) is 3.06. The minimum atomic E-state index is 0.234. The van der Waals surface area contributed by atoms with E-state index in [1.54, 1.807) is 6.08 Å². The highest BCUT2D eigenvalue weighted by atomic mass is 79.9. The number of rotatable bonds is 3. The average Bonchev–Trinajstić information content (AvgIpc) is 2.74. The summed E-state index contributed by atoms with van der Waals surface area (Å²) in [5.41, 5.74) is 1.06. The Bertz CT molecular complexity index is 510. The van der Waals surface area contributed by atoms with E-state index in [0.717, 1.165) is 10.0 Å². The molecular formula is C11H8BrClN2O. The summed E-state index contributed by atoms with van der Waals surface area (Å²) in [6.45, 7) is 0. The summed E-state index contributed by atoms with van der Waals surface area (Å²) >= 11 is 8.95. The monoisotopic (exact) mass is 298 g/mol. The van der Waals surface area contributed by atoms with Crippen molar-refractivity contribution in [2.45, 2.75) is 5.88 Å². The van der Waals surface area contributed by atoms with Crippen molar-refractivity contribution in [3.05, 3.63) is 46.1 Å². The van der Waals surface area contributed by atoms with Crippen LogP contribution in [-0.4, -0.2) is 10.2 Å². The minimum Gasteiger partial charge on any atom is -0.420 e. The van der Waals surface area contributed by atoms with E-state index in [4.69, 9.17) is 16.0 Å². The van der Waals surface area contributed by atoms with Crippen molar-refractivity contribution in [2.24, 2.45) is 0 Å². The predicted molar refractivity (Wildman–Crippen MR) is 66.9 cm³/mol. The molecule has 2 rings (SSSR count). The summed E-state index contributed by atoms with van der Waals surface area (Å²) in [4.78, 5) is 0. The van der Waals surface area contributed by atoms with Crippen LogP contribution < -0.4 is 0 Å². The van der Waals surface area contributed by atoms with Crippen molar-refractivity contribution in [2.75, 3.05) is 0 Å². The van der Waals surface area contributed by atoms with Crippen LogP contribution in [-0.2, 0) is 5.88 Å². The molecule has 0 fully saturated rings. The van der Waals surface area contributed by atoms with Gasteiger partial charge in [-0.05, 0) is 23.8 Å². The fourth-order valence-corrected chi connectivity index (χ4v) is 1.69. The molecule has 82 valence electrons. The summed E-state index contributed by atoms with van der Waals surface area (Å²) in [6, 6.07) is 7.91. The fourth-order valence-electron chi connectivity index (χ4n) is 1.17. The van der Waals surface area contributed by atoms with Gasteiger partial charge in [0.25, 0.3) is 0 Å². The standard InChI is InChI=1S/C11H8BrClN2O/c12-9-3-1-2-8(6-9)4-5-10-14-15-11(7-13)16-10/h1-6H,7H2/b5-4+. The lowest BCUT2D eigenvalue weighted by Gasteiger charge is -1.92. The molecule has 0 amide bonds. The molecule has 0 bridgehead atoms. The van der Waals surface area contributed by atoms with Crippen LogP contribution >= 0.6 is 27.5 Å². The molecule has 0 aliphatic rings. The molecule has 0 unspecified atom stereocenters. The second kappa shape index (κ2) is 5.27. The van der Waals surface area contributed by atoms with Gasteiger partial charge in [-0.3, -0.25) is 0 Å². The van der Waals surface area contributed by atoms with Gasteiger partial charge in [-0.25, -0.2) is 0 Å². The predicted octanol–water partition coefficient (Wildman–Crippen LogP) is 3.74. The van der Waals surface area contributed by atoms with Crippen LogP contribution in [0.2, 0.25) is 0 Å². The highest BCUT2D eigenvalue weighted by molar-refractivity contribution is 9.10. The van der Waals surface area contributed by atoms with Crippen molar-refractivity contribution < 1.29 is 4.42 Å². The Morgan fingerprint density at radius 3 is 2.88 bits per heavy atom. The summed E-state index contributed by atoms with van der Waals surface area (Å²) in [5, 5.41) is 7.58. The molecule has 1 aromatic carbocycles. The summed E-state index contributed by atoms with van der Waals surface area (Å²) in [7, 11) is 0. The molecule has 1 aromatic heterocycles. The van der Waals surface area contributed by atoms with E-state index >= 15 is 0 Å². The fraction of sp³-hybridized carbons (Fsp3) is 0.0909. The molecule has 0 saturated heterocycles. The lowest BCUT2D eigenvalue weighted by atomic mass is 10.2. The molecule has 0 N–H and O–H groups in total. The van der Waals surface area contributed by atoms with Gasteiger partial charge in [0.1, 0.15) is 5.88 Å². The van der Waals surface area contributed by atoms with E-state index in [2.05, 4.69) is 26.1 Å². The number of benzene rings is 1. The van der Waals surface area contributed by atoms with Crippen LogP contribution in [0.15, 0.2) is 33.2 Å². The van der Waals surface area contributed by atoms with Crippen molar-refractivity contribution in [3.8, 4) is 0 Å². The molecule has 3 nitrogen and oxygen atoms in total. The molecule has 0 aliphatic heterocycles. The molecule has 2 aromatic rings. The molecule has 5 heteroatoms. The number of nitrogens with zero attached hydrogens (tertiary/aromatic N) is 2. The Morgan fingerprint density at radius 1 is 1.31 bits per heavy atom. The Hall–Kier alpha value is -1.13. The van der Waals surface area contributed by atoms with Gasteiger partial charge in [0.15, 0.2) is 0 Å². The third-order valence-corrected chi connectivity index (χ3v) is 2.59. The zero-order valence-electron chi connectivity index (χ0n) is 8.23. The number of halogens is 2. The highest BCUT2D eigenvalue weighted by Crippen LogP contribution is 2.14. The first-order chi connectivity index (χ1) is 7.78. The SMILES string of the molecule is ClCc1nnc(/C=C/c2cccc(Br)c2)o1. The van der Waals surface area contributed by atoms with Crippen molar-refractivity contribution in [1.29, 1.82) is 0 Å². The van der Waals surface area contributed by atoms with Crippen LogP contribution in [0.3, 0.4) is 0 Å². The summed E-state index contributed by atoms with van der Waals surface area (Å²) in [5.74, 6) is 1.11. The van der Waals surface area contributed by atoms with Gasteiger partial charge in [0.2, 0.25) is 11.8 Å². The highest BCUT2D eigenvalue weighted by Gasteiger charge is 2.00. The maximum absolute atomic E-state index is 5.55. The molecule has 0 aliphatic carbocycles. The van der Waals surface area contributed by atoms with Gasteiger partial charge in [-0.1, -0.05) is 28.1 Å². The van der Waals surface area contributed by atoms with Gasteiger partial charge in [-0.15, -0.1) is 21.8 Å². The molecule has 0 spiro atoms. The van der Waals surface area contributed by atoms with E-state index in [1.165, 1.54) is 0 Å². The van der Waals surface area contributed by atoms with Gasteiger partial charge < -0.3 is 4.42 Å². The van der Waals surface area contributed by atoms with Crippen molar-refractivity contribution in [1.82, 2.24) is 10.2 Å². The molecular weight excluding hydrogens is 291 g/mol. The number of aromatic nitrogens is 2. The first-order valence-corrected chi connectivity index (χ1v) is 5.92. The number of hydrogen-bond donors (Lipinski definition) is 0. The van der Waals surface area contributed by atoms with Crippen LogP contribution in [0.25, 0.3) is 12.2 Å². The van der Waals surface area contributed by atoms with E-state index in [0.29, 0.717) is 11.8 Å². The lowest BCUT2D eigenvalue weighted by molar-refractivity contribution is 0.505. The largest absolute Gasteiger partial charge is 0.420 e. The van der Waals surface area contributed by atoms with Crippen molar-refractivity contribution in [3.63, 3.8) is 0 Å². The third kappa shape index (κ3) is 2.93. The molecule has 16 heavy (non-hydrogen) atoms. The maximum Gasteiger partial charge on any atom is 0.240 e. The van der Waals surface area contributed by atoms with Gasteiger partial charge in [0, 0.05) is 10.5 Å². The molecule has 0 radical (unpaired) electrons. The second-order valence-corrected chi connectivity index (χ2v) is 4.24. The normalized spacial score (nSPS) is 11.1. The van der Waals surface area contributed by atoms with Gasteiger partial charge in [0.05, 0.1) is 0 Å².